The summed E-state index contributed by atoms with van der Waals surface area (Å²) in [6.07, 6.45) is 1.60. The molecular formula is C10H11N3. The SMILES string of the molecule is C=C(C)CNc1cccnc1C#N. The van der Waals surface area contributed by atoms with E-state index in [4.69, 9.17) is 5.26 Å². The van der Waals surface area contributed by atoms with E-state index in [0.29, 0.717) is 12.2 Å². The molecule has 3 nitrogen and oxygen atoms in total. The van der Waals surface area contributed by atoms with E-state index in [1.807, 2.05) is 19.1 Å². The fourth-order valence-corrected chi connectivity index (χ4v) is 0.883. The largest absolute Gasteiger partial charge is 0.379 e. The Morgan fingerprint density at radius 1 is 1.77 bits per heavy atom. The molecule has 0 saturated carbocycles. The highest BCUT2D eigenvalue weighted by atomic mass is 14.9. The first-order valence-corrected chi connectivity index (χ1v) is 3.97. The lowest BCUT2D eigenvalue weighted by molar-refractivity contribution is 1.18. The molecule has 0 radical (unpaired) electrons. The summed E-state index contributed by atoms with van der Waals surface area (Å²) in [6, 6.07) is 5.64. The Kier molecular flexibility index (Phi) is 3.04. The second-order valence-electron chi connectivity index (χ2n) is 2.82. The van der Waals surface area contributed by atoms with Crippen molar-refractivity contribution in [1.82, 2.24) is 4.98 Å². The number of nitrogens with one attached hydrogen (secondary N) is 1. The van der Waals surface area contributed by atoms with Crippen LogP contribution in [0.3, 0.4) is 0 Å². The summed E-state index contributed by atoms with van der Waals surface area (Å²) in [6.45, 7) is 6.35. The molecule has 0 spiro atoms. The van der Waals surface area contributed by atoms with Gasteiger partial charge in [0.05, 0.1) is 5.69 Å². The van der Waals surface area contributed by atoms with Gasteiger partial charge in [0.2, 0.25) is 0 Å². The lowest BCUT2D eigenvalue weighted by Gasteiger charge is -2.05. The van der Waals surface area contributed by atoms with E-state index in [-0.39, 0.29) is 0 Å². The van der Waals surface area contributed by atoms with Crippen molar-refractivity contribution in [2.24, 2.45) is 0 Å². The van der Waals surface area contributed by atoms with Gasteiger partial charge < -0.3 is 5.32 Å². The Morgan fingerprint density at radius 3 is 3.15 bits per heavy atom. The summed E-state index contributed by atoms with van der Waals surface area (Å²) in [5, 5.41) is 11.8. The van der Waals surface area contributed by atoms with Crippen LogP contribution in [-0.2, 0) is 0 Å². The number of nitriles is 1. The first-order chi connectivity index (χ1) is 6.24. The van der Waals surface area contributed by atoms with Gasteiger partial charge in [-0.3, -0.25) is 0 Å². The Morgan fingerprint density at radius 2 is 2.54 bits per heavy atom. The minimum atomic E-state index is 0.420. The van der Waals surface area contributed by atoms with Gasteiger partial charge in [0.1, 0.15) is 6.07 Å². The van der Waals surface area contributed by atoms with E-state index in [1.54, 1.807) is 12.3 Å². The minimum Gasteiger partial charge on any atom is -0.379 e. The van der Waals surface area contributed by atoms with Crippen molar-refractivity contribution in [1.29, 1.82) is 5.26 Å². The topological polar surface area (TPSA) is 48.7 Å². The van der Waals surface area contributed by atoms with Crippen LogP contribution in [0.2, 0.25) is 0 Å². The zero-order valence-electron chi connectivity index (χ0n) is 7.54. The molecule has 0 atom stereocenters. The van der Waals surface area contributed by atoms with Gasteiger partial charge >= 0.3 is 0 Å². The van der Waals surface area contributed by atoms with Crippen molar-refractivity contribution in [3.63, 3.8) is 0 Å². The van der Waals surface area contributed by atoms with Crippen LogP contribution >= 0.6 is 0 Å². The third-order valence-corrected chi connectivity index (χ3v) is 1.49. The maximum atomic E-state index is 8.71. The molecule has 0 unspecified atom stereocenters. The van der Waals surface area contributed by atoms with E-state index in [1.165, 1.54) is 0 Å². The van der Waals surface area contributed by atoms with Gasteiger partial charge in [0.15, 0.2) is 5.69 Å². The third-order valence-electron chi connectivity index (χ3n) is 1.49. The molecule has 0 aliphatic carbocycles. The van der Waals surface area contributed by atoms with E-state index in [2.05, 4.69) is 16.9 Å². The van der Waals surface area contributed by atoms with Gasteiger partial charge in [-0.2, -0.15) is 5.26 Å². The average molecular weight is 173 g/mol. The third kappa shape index (κ3) is 2.60. The first kappa shape index (κ1) is 9.27. The Balaban J connectivity index is 2.77. The number of hydrogen-bond acceptors (Lipinski definition) is 3. The molecule has 0 saturated heterocycles. The van der Waals surface area contributed by atoms with Crippen LogP contribution < -0.4 is 5.32 Å². The first-order valence-electron chi connectivity index (χ1n) is 3.97. The Labute approximate surface area is 77.7 Å². The number of rotatable bonds is 3. The predicted molar refractivity (Wildman–Crippen MR) is 52.3 cm³/mol. The molecule has 0 aliphatic heterocycles. The van der Waals surface area contributed by atoms with Crippen LogP contribution in [-0.4, -0.2) is 11.5 Å². The smallest absolute Gasteiger partial charge is 0.163 e. The highest BCUT2D eigenvalue weighted by Crippen LogP contribution is 2.10. The summed E-state index contributed by atoms with van der Waals surface area (Å²) in [4.78, 5) is 3.92. The summed E-state index contributed by atoms with van der Waals surface area (Å²) in [5.74, 6) is 0. The number of anilines is 1. The number of hydrogen-bond donors (Lipinski definition) is 1. The molecule has 0 fully saturated rings. The van der Waals surface area contributed by atoms with Crippen molar-refractivity contribution in [3.05, 3.63) is 36.2 Å². The predicted octanol–water partition coefficient (Wildman–Crippen LogP) is 1.94. The zero-order valence-corrected chi connectivity index (χ0v) is 7.54. The van der Waals surface area contributed by atoms with E-state index in [9.17, 15) is 0 Å². The fourth-order valence-electron chi connectivity index (χ4n) is 0.883. The van der Waals surface area contributed by atoms with Gasteiger partial charge in [-0.25, -0.2) is 4.98 Å². The molecule has 3 heteroatoms. The molecule has 13 heavy (non-hydrogen) atoms. The maximum Gasteiger partial charge on any atom is 0.163 e. The number of pyridine rings is 1. The van der Waals surface area contributed by atoms with Crippen LogP contribution in [0, 0.1) is 11.3 Å². The molecule has 1 heterocycles. The van der Waals surface area contributed by atoms with Gasteiger partial charge in [-0.05, 0) is 19.1 Å². The highest BCUT2D eigenvalue weighted by molar-refractivity contribution is 5.53. The van der Waals surface area contributed by atoms with Gasteiger partial charge in [-0.1, -0.05) is 12.2 Å². The summed E-state index contributed by atoms with van der Waals surface area (Å²) >= 11 is 0. The highest BCUT2D eigenvalue weighted by Gasteiger charge is 1.99. The van der Waals surface area contributed by atoms with Gasteiger partial charge in [0, 0.05) is 12.7 Å². The summed E-state index contributed by atoms with van der Waals surface area (Å²) in [7, 11) is 0. The Bertz CT molecular complexity index is 349. The van der Waals surface area contributed by atoms with Crippen LogP contribution in [0.5, 0.6) is 0 Å². The van der Waals surface area contributed by atoms with E-state index in [0.717, 1.165) is 11.3 Å². The molecule has 0 amide bonds. The molecule has 1 aromatic rings. The molecule has 66 valence electrons. The van der Waals surface area contributed by atoms with E-state index >= 15 is 0 Å². The van der Waals surface area contributed by atoms with E-state index < -0.39 is 0 Å². The van der Waals surface area contributed by atoms with Crippen LogP contribution in [0.4, 0.5) is 5.69 Å². The molecule has 1 N–H and O–H groups in total. The average Bonchev–Trinajstić information content (AvgIpc) is 2.15. The minimum absolute atomic E-state index is 0.420. The molecule has 1 rings (SSSR count). The lowest BCUT2D eigenvalue weighted by Crippen LogP contribution is -2.04. The fraction of sp³-hybridized carbons (Fsp3) is 0.200. The molecule has 0 aliphatic rings. The summed E-state index contributed by atoms with van der Waals surface area (Å²) in [5.41, 5.74) is 2.20. The van der Waals surface area contributed by atoms with Gasteiger partial charge in [0.25, 0.3) is 0 Å². The Hall–Kier alpha value is -1.82. The van der Waals surface area contributed by atoms with Crippen molar-refractivity contribution >= 4 is 5.69 Å². The molecule has 0 aromatic carbocycles. The second-order valence-corrected chi connectivity index (χ2v) is 2.82. The zero-order chi connectivity index (χ0) is 9.68. The molecule has 0 bridgehead atoms. The monoisotopic (exact) mass is 173 g/mol. The van der Waals surface area contributed by atoms with Crippen LogP contribution in [0.25, 0.3) is 0 Å². The van der Waals surface area contributed by atoms with Crippen molar-refractivity contribution in [2.45, 2.75) is 6.92 Å². The van der Waals surface area contributed by atoms with Crippen molar-refractivity contribution < 1.29 is 0 Å². The normalized spacial score (nSPS) is 8.92. The number of nitrogens with zero attached hydrogens (tertiary/aromatic N) is 2. The number of aromatic nitrogens is 1. The van der Waals surface area contributed by atoms with Crippen molar-refractivity contribution in [3.8, 4) is 6.07 Å². The summed E-state index contributed by atoms with van der Waals surface area (Å²) < 4.78 is 0. The second kappa shape index (κ2) is 4.27. The van der Waals surface area contributed by atoms with Gasteiger partial charge in [-0.15, -0.1) is 0 Å². The van der Waals surface area contributed by atoms with Crippen molar-refractivity contribution in [2.75, 3.05) is 11.9 Å². The molecular weight excluding hydrogens is 162 g/mol. The molecule has 1 aromatic heterocycles. The van der Waals surface area contributed by atoms with Crippen LogP contribution in [0.15, 0.2) is 30.5 Å². The lowest BCUT2D eigenvalue weighted by atomic mass is 10.3. The maximum absolute atomic E-state index is 8.71. The quantitative estimate of drug-likeness (QED) is 0.710. The standard InChI is InChI=1S/C10H11N3/c1-8(2)7-13-9-4-3-5-12-10(9)6-11/h3-5,13H,1,7H2,2H3. The van der Waals surface area contributed by atoms with Crippen LogP contribution in [0.1, 0.15) is 12.6 Å².